The quantitative estimate of drug-likeness (QED) is 0.897. The van der Waals surface area contributed by atoms with E-state index in [2.05, 4.69) is 10.2 Å². The molecule has 0 aromatic heterocycles. The summed E-state index contributed by atoms with van der Waals surface area (Å²) in [6.45, 7) is 3.64. The lowest BCUT2D eigenvalue weighted by Crippen LogP contribution is -2.52. The van der Waals surface area contributed by atoms with E-state index in [1.54, 1.807) is 12.1 Å². The Morgan fingerprint density at radius 2 is 1.62 bits per heavy atom. The second kappa shape index (κ2) is 7.82. The van der Waals surface area contributed by atoms with E-state index in [1.165, 1.54) is 25.0 Å². The van der Waals surface area contributed by atoms with Gasteiger partial charge in [-0.05, 0) is 49.9 Å². The molecule has 1 aromatic rings. The lowest BCUT2D eigenvalue weighted by atomic mass is 10.0. The summed E-state index contributed by atoms with van der Waals surface area (Å²) in [6, 6.07) is 7.33. The number of halogens is 1. The van der Waals surface area contributed by atoms with Crippen molar-refractivity contribution >= 4 is 6.03 Å². The minimum Gasteiger partial charge on any atom is -0.490 e. The number of benzene rings is 1. The second-order valence-corrected chi connectivity index (χ2v) is 7.75. The summed E-state index contributed by atoms with van der Waals surface area (Å²) in [5.74, 6) is 0.434. The summed E-state index contributed by atoms with van der Waals surface area (Å²) < 4.78 is 18.9. The van der Waals surface area contributed by atoms with Crippen molar-refractivity contribution in [2.45, 2.75) is 56.7 Å². The topological polar surface area (TPSA) is 44.8 Å². The molecular formula is C20H28FN3O2. The van der Waals surface area contributed by atoms with E-state index >= 15 is 0 Å². The third-order valence-corrected chi connectivity index (χ3v) is 5.77. The van der Waals surface area contributed by atoms with E-state index in [-0.39, 0.29) is 18.0 Å². The molecule has 2 saturated heterocycles. The molecule has 5 nitrogen and oxygen atoms in total. The Hall–Kier alpha value is -1.82. The van der Waals surface area contributed by atoms with Crippen LogP contribution in [-0.4, -0.2) is 60.2 Å². The molecule has 1 saturated carbocycles. The molecule has 3 aliphatic rings. The lowest BCUT2D eigenvalue weighted by molar-refractivity contribution is 0.107. The molecule has 0 atom stereocenters. The molecule has 2 heterocycles. The van der Waals surface area contributed by atoms with Gasteiger partial charge in [0.1, 0.15) is 17.7 Å². The third kappa shape index (κ3) is 4.47. The van der Waals surface area contributed by atoms with Crippen LogP contribution in [-0.2, 0) is 0 Å². The van der Waals surface area contributed by atoms with E-state index in [4.69, 9.17) is 4.74 Å². The maximum Gasteiger partial charge on any atom is 0.317 e. The van der Waals surface area contributed by atoms with Gasteiger partial charge in [0.2, 0.25) is 0 Å². The van der Waals surface area contributed by atoms with Crippen molar-refractivity contribution in [3.63, 3.8) is 0 Å². The van der Waals surface area contributed by atoms with Crippen LogP contribution in [0.1, 0.15) is 38.5 Å². The molecule has 2 amide bonds. The number of hydrogen-bond acceptors (Lipinski definition) is 3. The first-order valence-corrected chi connectivity index (χ1v) is 9.89. The highest BCUT2D eigenvalue weighted by Crippen LogP contribution is 2.29. The molecule has 4 rings (SSSR count). The number of nitrogens with zero attached hydrogens (tertiary/aromatic N) is 2. The fourth-order valence-electron chi connectivity index (χ4n) is 4.00. The highest BCUT2D eigenvalue weighted by molar-refractivity contribution is 5.74. The summed E-state index contributed by atoms with van der Waals surface area (Å²) in [7, 11) is 0. The van der Waals surface area contributed by atoms with E-state index in [1.807, 2.05) is 4.90 Å². The summed E-state index contributed by atoms with van der Waals surface area (Å²) >= 11 is 0. The van der Waals surface area contributed by atoms with Crippen molar-refractivity contribution < 1.29 is 13.9 Å². The molecule has 0 spiro atoms. The highest BCUT2D eigenvalue weighted by Gasteiger charge is 2.33. The van der Waals surface area contributed by atoms with Crippen LogP contribution in [0.3, 0.4) is 0 Å². The van der Waals surface area contributed by atoms with Crippen LogP contribution in [0.25, 0.3) is 0 Å². The standard InChI is InChI=1S/C20H28FN3O2/c21-15-1-5-18(6-2-15)26-19-9-13-24(14-10-19)20(25)22-16-7-11-23(12-8-16)17-3-4-17/h1-2,5-6,16-17,19H,3-4,7-14H2,(H,22,25). The predicted molar refractivity (Wildman–Crippen MR) is 97.8 cm³/mol. The molecular weight excluding hydrogens is 333 g/mol. The molecule has 0 radical (unpaired) electrons. The van der Waals surface area contributed by atoms with Crippen molar-refractivity contribution in [2.24, 2.45) is 0 Å². The Kier molecular flexibility index (Phi) is 5.29. The van der Waals surface area contributed by atoms with Crippen molar-refractivity contribution in [3.05, 3.63) is 30.1 Å². The maximum atomic E-state index is 13.0. The van der Waals surface area contributed by atoms with Crippen LogP contribution in [0.4, 0.5) is 9.18 Å². The number of urea groups is 1. The SMILES string of the molecule is O=C(NC1CCN(C2CC2)CC1)N1CCC(Oc2ccc(F)cc2)CC1. The Labute approximate surface area is 154 Å². The van der Waals surface area contributed by atoms with Crippen LogP contribution in [0.5, 0.6) is 5.75 Å². The van der Waals surface area contributed by atoms with Gasteiger partial charge < -0.3 is 19.9 Å². The first kappa shape index (κ1) is 17.6. The van der Waals surface area contributed by atoms with Crippen LogP contribution in [0.15, 0.2) is 24.3 Å². The number of carbonyl (C=O) groups excluding carboxylic acids is 1. The number of hydrogen-bond donors (Lipinski definition) is 1. The van der Waals surface area contributed by atoms with Crippen LogP contribution < -0.4 is 10.1 Å². The molecule has 1 N–H and O–H groups in total. The minimum absolute atomic E-state index is 0.0649. The molecule has 0 unspecified atom stereocenters. The van der Waals surface area contributed by atoms with Gasteiger partial charge in [0, 0.05) is 51.1 Å². The zero-order valence-corrected chi connectivity index (χ0v) is 15.2. The number of carbonyl (C=O) groups is 1. The molecule has 142 valence electrons. The smallest absolute Gasteiger partial charge is 0.317 e. The molecule has 1 aliphatic carbocycles. The van der Waals surface area contributed by atoms with Crippen molar-refractivity contribution in [1.29, 1.82) is 0 Å². The molecule has 2 aliphatic heterocycles. The summed E-state index contributed by atoms with van der Waals surface area (Å²) in [5, 5.41) is 3.22. The Bertz CT molecular complexity index is 604. The molecule has 0 bridgehead atoms. The van der Waals surface area contributed by atoms with Crippen LogP contribution in [0.2, 0.25) is 0 Å². The monoisotopic (exact) mass is 361 g/mol. The average Bonchev–Trinajstić information content (AvgIpc) is 3.50. The largest absolute Gasteiger partial charge is 0.490 e. The number of nitrogens with one attached hydrogen (secondary N) is 1. The van der Waals surface area contributed by atoms with Gasteiger partial charge in [-0.3, -0.25) is 0 Å². The maximum absolute atomic E-state index is 13.0. The number of ether oxygens (including phenoxy) is 1. The highest BCUT2D eigenvalue weighted by atomic mass is 19.1. The summed E-state index contributed by atoms with van der Waals surface area (Å²) in [4.78, 5) is 17.0. The molecule has 6 heteroatoms. The van der Waals surface area contributed by atoms with Gasteiger partial charge in [-0.1, -0.05) is 0 Å². The minimum atomic E-state index is -0.258. The zero-order chi connectivity index (χ0) is 17.9. The van der Waals surface area contributed by atoms with E-state index in [0.29, 0.717) is 24.9 Å². The van der Waals surface area contributed by atoms with Crippen molar-refractivity contribution in [2.75, 3.05) is 26.2 Å². The summed E-state index contributed by atoms with van der Waals surface area (Å²) in [6.07, 6.45) is 6.54. The number of likely N-dealkylation sites (tertiary alicyclic amines) is 2. The number of amides is 2. The third-order valence-electron chi connectivity index (χ3n) is 5.77. The first-order valence-electron chi connectivity index (χ1n) is 9.89. The predicted octanol–water partition coefficient (Wildman–Crippen LogP) is 3.01. The molecule has 26 heavy (non-hydrogen) atoms. The Balaban J connectivity index is 1.18. The van der Waals surface area contributed by atoms with Gasteiger partial charge in [-0.15, -0.1) is 0 Å². The first-order chi connectivity index (χ1) is 12.7. The van der Waals surface area contributed by atoms with Gasteiger partial charge in [0.15, 0.2) is 0 Å². The van der Waals surface area contributed by atoms with E-state index in [9.17, 15) is 9.18 Å². The van der Waals surface area contributed by atoms with Crippen molar-refractivity contribution in [1.82, 2.24) is 15.1 Å². The van der Waals surface area contributed by atoms with Crippen LogP contribution >= 0.6 is 0 Å². The number of rotatable bonds is 4. The van der Waals surface area contributed by atoms with E-state index in [0.717, 1.165) is 44.8 Å². The average molecular weight is 361 g/mol. The van der Waals surface area contributed by atoms with Gasteiger partial charge in [0.25, 0.3) is 0 Å². The lowest BCUT2D eigenvalue weighted by Gasteiger charge is -2.36. The normalized spacial score (nSPS) is 23.0. The number of piperidine rings is 2. The molecule has 3 fully saturated rings. The Morgan fingerprint density at radius 1 is 0.962 bits per heavy atom. The Morgan fingerprint density at radius 3 is 2.23 bits per heavy atom. The molecule has 1 aromatic carbocycles. The van der Waals surface area contributed by atoms with Crippen molar-refractivity contribution in [3.8, 4) is 5.75 Å². The zero-order valence-electron chi connectivity index (χ0n) is 15.2. The van der Waals surface area contributed by atoms with Crippen LogP contribution in [0, 0.1) is 5.82 Å². The van der Waals surface area contributed by atoms with Gasteiger partial charge >= 0.3 is 6.03 Å². The van der Waals surface area contributed by atoms with E-state index < -0.39 is 0 Å². The fourth-order valence-corrected chi connectivity index (χ4v) is 4.00. The van der Waals surface area contributed by atoms with Gasteiger partial charge in [-0.2, -0.15) is 0 Å². The van der Waals surface area contributed by atoms with Gasteiger partial charge in [-0.25, -0.2) is 9.18 Å². The second-order valence-electron chi connectivity index (χ2n) is 7.75. The summed E-state index contributed by atoms with van der Waals surface area (Å²) in [5.41, 5.74) is 0. The van der Waals surface area contributed by atoms with Gasteiger partial charge in [0.05, 0.1) is 0 Å². The fraction of sp³-hybridized carbons (Fsp3) is 0.650.